The molecule has 108 valence electrons. The fourth-order valence-electron chi connectivity index (χ4n) is 2.34. The highest BCUT2D eigenvalue weighted by Crippen LogP contribution is 2.30. The van der Waals surface area contributed by atoms with Crippen LogP contribution in [0, 0.1) is 5.92 Å². The highest BCUT2D eigenvalue weighted by molar-refractivity contribution is 5.39. The van der Waals surface area contributed by atoms with E-state index in [0.29, 0.717) is 5.92 Å². The van der Waals surface area contributed by atoms with Gasteiger partial charge in [0.15, 0.2) is 0 Å². The molecule has 2 unspecified atom stereocenters. The first-order valence-corrected chi connectivity index (χ1v) is 6.83. The van der Waals surface area contributed by atoms with Gasteiger partial charge in [-0.3, -0.25) is 11.3 Å². The number of hydrogen-bond donors (Lipinski definition) is 2. The van der Waals surface area contributed by atoms with E-state index in [1.54, 1.807) is 14.2 Å². The molecule has 4 nitrogen and oxygen atoms in total. The third-order valence-electron chi connectivity index (χ3n) is 3.40. The third kappa shape index (κ3) is 4.73. The lowest BCUT2D eigenvalue weighted by Gasteiger charge is -2.21. The zero-order valence-corrected chi connectivity index (χ0v) is 12.4. The smallest absolute Gasteiger partial charge is 0.122 e. The number of methoxy groups -OCH3 is 2. The molecule has 0 bridgehead atoms. The Morgan fingerprint density at radius 1 is 1.16 bits per heavy atom. The molecule has 3 N–H and O–H groups in total. The van der Waals surface area contributed by atoms with E-state index in [9.17, 15) is 0 Å². The molecule has 1 aromatic carbocycles. The maximum atomic E-state index is 5.70. The van der Waals surface area contributed by atoms with Crippen molar-refractivity contribution in [2.24, 2.45) is 11.8 Å². The van der Waals surface area contributed by atoms with Gasteiger partial charge in [-0.25, -0.2) is 0 Å². The molecule has 0 radical (unpaired) electrons. The molecule has 0 aliphatic heterocycles. The summed E-state index contributed by atoms with van der Waals surface area (Å²) in [5, 5.41) is 0. The number of ether oxygens (including phenoxy) is 2. The molecular formula is C15H26N2O2. The molecular weight excluding hydrogens is 240 g/mol. The Hall–Kier alpha value is -1.26. The minimum absolute atomic E-state index is 0.116. The minimum atomic E-state index is 0.116. The Labute approximate surface area is 116 Å². The van der Waals surface area contributed by atoms with Gasteiger partial charge < -0.3 is 9.47 Å². The van der Waals surface area contributed by atoms with Crippen LogP contribution in [0.5, 0.6) is 11.5 Å². The van der Waals surface area contributed by atoms with Crippen LogP contribution in [-0.2, 0) is 0 Å². The van der Waals surface area contributed by atoms with Crippen LogP contribution in [0.2, 0.25) is 0 Å². The van der Waals surface area contributed by atoms with Crippen molar-refractivity contribution < 1.29 is 9.47 Å². The quantitative estimate of drug-likeness (QED) is 0.561. The summed E-state index contributed by atoms with van der Waals surface area (Å²) in [6.45, 7) is 4.46. The van der Waals surface area contributed by atoms with Gasteiger partial charge in [0.1, 0.15) is 11.5 Å². The summed E-state index contributed by atoms with van der Waals surface area (Å²) < 4.78 is 10.6. The molecule has 0 fully saturated rings. The van der Waals surface area contributed by atoms with Gasteiger partial charge in [0.25, 0.3) is 0 Å². The van der Waals surface area contributed by atoms with E-state index in [4.69, 9.17) is 15.3 Å². The second kappa shape index (κ2) is 8.02. The maximum Gasteiger partial charge on any atom is 0.122 e. The van der Waals surface area contributed by atoms with Crippen molar-refractivity contribution in [1.82, 2.24) is 5.43 Å². The Kier molecular flexibility index (Phi) is 6.67. The summed E-state index contributed by atoms with van der Waals surface area (Å²) in [5.41, 5.74) is 4.00. The average Bonchev–Trinajstić information content (AvgIpc) is 2.44. The van der Waals surface area contributed by atoms with Crippen molar-refractivity contribution in [1.29, 1.82) is 0 Å². The highest BCUT2D eigenvalue weighted by Gasteiger charge is 2.15. The first kappa shape index (κ1) is 15.8. The minimum Gasteiger partial charge on any atom is -0.497 e. The van der Waals surface area contributed by atoms with E-state index in [1.165, 1.54) is 12.8 Å². The summed E-state index contributed by atoms with van der Waals surface area (Å²) in [4.78, 5) is 0. The molecule has 1 aromatic rings. The lowest BCUT2D eigenvalue weighted by atomic mass is 9.93. The number of benzene rings is 1. The van der Waals surface area contributed by atoms with Crippen molar-refractivity contribution in [3.63, 3.8) is 0 Å². The summed E-state index contributed by atoms with van der Waals surface area (Å²) in [6, 6.07) is 6.00. The van der Waals surface area contributed by atoms with Gasteiger partial charge in [0, 0.05) is 12.1 Å². The summed E-state index contributed by atoms with van der Waals surface area (Å²) in [5.74, 6) is 7.91. The van der Waals surface area contributed by atoms with E-state index in [-0.39, 0.29) is 6.04 Å². The van der Waals surface area contributed by atoms with Crippen LogP contribution in [0.25, 0.3) is 0 Å². The van der Waals surface area contributed by atoms with Gasteiger partial charge in [-0.1, -0.05) is 26.7 Å². The fourth-order valence-corrected chi connectivity index (χ4v) is 2.34. The second-order valence-electron chi connectivity index (χ2n) is 4.99. The predicted molar refractivity (Wildman–Crippen MR) is 78.3 cm³/mol. The van der Waals surface area contributed by atoms with E-state index in [0.717, 1.165) is 23.5 Å². The Balaban J connectivity index is 2.90. The van der Waals surface area contributed by atoms with Gasteiger partial charge in [-0.15, -0.1) is 0 Å². The maximum absolute atomic E-state index is 5.70. The van der Waals surface area contributed by atoms with Gasteiger partial charge in [-0.2, -0.15) is 0 Å². The van der Waals surface area contributed by atoms with Crippen molar-refractivity contribution in [2.75, 3.05) is 14.2 Å². The topological polar surface area (TPSA) is 56.5 Å². The fraction of sp³-hybridized carbons (Fsp3) is 0.600. The number of hydrogen-bond acceptors (Lipinski definition) is 4. The number of nitrogens with two attached hydrogens (primary N) is 1. The Bertz CT molecular complexity index is 360. The monoisotopic (exact) mass is 266 g/mol. The van der Waals surface area contributed by atoms with Gasteiger partial charge in [0.2, 0.25) is 0 Å². The van der Waals surface area contributed by atoms with Crippen molar-refractivity contribution in [3.8, 4) is 11.5 Å². The molecule has 0 aromatic heterocycles. The summed E-state index contributed by atoms with van der Waals surface area (Å²) in [7, 11) is 3.31. The third-order valence-corrected chi connectivity index (χ3v) is 3.40. The zero-order valence-electron chi connectivity index (χ0n) is 12.4. The molecule has 0 aliphatic rings. The van der Waals surface area contributed by atoms with Gasteiger partial charge >= 0.3 is 0 Å². The van der Waals surface area contributed by atoms with Crippen molar-refractivity contribution >= 4 is 0 Å². The van der Waals surface area contributed by atoms with E-state index >= 15 is 0 Å². The largest absolute Gasteiger partial charge is 0.497 e. The molecule has 0 heterocycles. The Morgan fingerprint density at radius 2 is 1.74 bits per heavy atom. The predicted octanol–water partition coefficient (Wildman–Crippen LogP) is 3.03. The number of nitrogens with one attached hydrogen (secondary N) is 1. The first-order valence-electron chi connectivity index (χ1n) is 6.83. The van der Waals surface area contributed by atoms with Gasteiger partial charge in [-0.05, 0) is 30.0 Å². The normalized spacial score (nSPS) is 13.9. The lowest BCUT2D eigenvalue weighted by molar-refractivity contribution is 0.378. The molecule has 0 aliphatic carbocycles. The summed E-state index contributed by atoms with van der Waals surface area (Å²) >= 11 is 0. The number of rotatable bonds is 8. The first-order chi connectivity index (χ1) is 9.14. The van der Waals surface area contributed by atoms with E-state index in [1.807, 2.05) is 18.2 Å². The lowest BCUT2D eigenvalue weighted by Crippen LogP contribution is -2.29. The molecule has 0 saturated carbocycles. The van der Waals surface area contributed by atoms with Gasteiger partial charge in [0.05, 0.1) is 14.2 Å². The van der Waals surface area contributed by atoms with Crippen LogP contribution in [0.15, 0.2) is 18.2 Å². The average molecular weight is 266 g/mol. The summed E-state index contributed by atoms with van der Waals surface area (Å²) in [6.07, 6.45) is 3.40. The SMILES string of the molecule is CCCC(C)CC(NN)c1cc(OC)cc(OC)c1. The Morgan fingerprint density at radius 3 is 2.16 bits per heavy atom. The standard InChI is InChI=1S/C15H26N2O2/c1-5-6-11(2)7-15(17-16)12-8-13(18-3)10-14(9-12)19-4/h8-11,15,17H,5-7,16H2,1-4H3. The van der Waals surface area contributed by atoms with Crippen LogP contribution in [0.4, 0.5) is 0 Å². The number of hydrazine groups is 1. The van der Waals surface area contributed by atoms with Crippen LogP contribution < -0.4 is 20.7 Å². The molecule has 4 heteroatoms. The highest BCUT2D eigenvalue weighted by atomic mass is 16.5. The molecule has 1 rings (SSSR count). The van der Waals surface area contributed by atoms with E-state index in [2.05, 4.69) is 19.3 Å². The van der Waals surface area contributed by atoms with Crippen molar-refractivity contribution in [3.05, 3.63) is 23.8 Å². The van der Waals surface area contributed by atoms with E-state index < -0.39 is 0 Å². The molecule has 0 saturated heterocycles. The van der Waals surface area contributed by atoms with Crippen LogP contribution in [0.3, 0.4) is 0 Å². The molecule has 2 atom stereocenters. The van der Waals surface area contributed by atoms with Crippen LogP contribution in [0.1, 0.15) is 44.7 Å². The second-order valence-corrected chi connectivity index (χ2v) is 4.99. The van der Waals surface area contributed by atoms with Crippen LogP contribution in [-0.4, -0.2) is 14.2 Å². The van der Waals surface area contributed by atoms with Crippen LogP contribution >= 0.6 is 0 Å². The van der Waals surface area contributed by atoms with Crippen molar-refractivity contribution in [2.45, 2.75) is 39.2 Å². The molecule has 19 heavy (non-hydrogen) atoms. The molecule has 0 spiro atoms. The molecule has 0 amide bonds. The zero-order chi connectivity index (χ0) is 14.3.